The van der Waals surface area contributed by atoms with E-state index in [0.29, 0.717) is 11.1 Å². The largest absolute Gasteiger partial charge is 0.480 e. The lowest BCUT2D eigenvalue weighted by Crippen LogP contribution is -2.44. The van der Waals surface area contributed by atoms with Crippen LogP contribution in [0.4, 0.5) is 0 Å². The number of carboxylic acids is 1. The fraction of sp³-hybridized carbons (Fsp3) is 0.533. The van der Waals surface area contributed by atoms with Crippen LogP contribution in [0, 0.1) is 33.6 Å². The Kier molecular flexibility index (Phi) is 5.17. The first-order chi connectivity index (χ1) is 9.49. The van der Waals surface area contributed by atoms with E-state index in [1.54, 1.807) is 27.7 Å². The molecule has 118 valence electrons. The fourth-order valence-electron chi connectivity index (χ4n) is 2.28. The Bertz CT molecular complexity index is 636. The molecule has 1 aromatic carbocycles. The molecule has 0 fully saturated rings. The molecule has 0 saturated carbocycles. The second-order valence-corrected chi connectivity index (χ2v) is 7.42. The number of nitrogens with one attached hydrogen (secondary N) is 1. The zero-order valence-corrected chi connectivity index (χ0v) is 14.1. The van der Waals surface area contributed by atoms with Crippen LogP contribution in [0.5, 0.6) is 0 Å². The van der Waals surface area contributed by atoms with E-state index >= 15 is 0 Å². The van der Waals surface area contributed by atoms with Crippen LogP contribution in [0.2, 0.25) is 0 Å². The lowest BCUT2D eigenvalue weighted by Gasteiger charge is -2.21. The van der Waals surface area contributed by atoms with Crippen LogP contribution in [-0.4, -0.2) is 25.5 Å². The molecule has 0 aliphatic rings. The fourth-order valence-corrected chi connectivity index (χ4v) is 4.23. The predicted octanol–water partition coefficient (Wildman–Crippen LogP) is 2.31. The first-order valence-electron chi connectivity index (χ1n) is 6.81. The average Bonchev–Trinajstić information content (AvgIpc) is 2.33. The van der Waals surface area contributed by atoms with E-state index in [1.807, 2.05) is 19.9 Å². The molecule has 1 rings (SSSR count). The van der Waals surface area contributed by atoms with Crippen molar-refractivity contribution in [1.29, 1.82) is 0 Å². The van der Waals surface area contributed by atoms with Gasteiger partial charge in [0.2, 0.25) is 10.0 Å². The van der Waals surface area contributed by atoms with E-state index in [9.17, 15) is 18.3 Å². The standard InChI is InChI=1S/C15H23NO4S/c1-8(2)13(15(17)18)16-21(19,20)14-11(5)9(3)7-10(4)12(14)6/h7-8,13,16H,1-6H3,(H,17,18)/t13-/m0/s1. The Morgan fingerprint density at radius 3 is 1.86 bits per heavy atom. The van der Waals surface area contributed by atoms with Crippen molar-refractivity contribution < 1.29 is 18.3 Å². The second-order valence-electron chi connectivity index (χ2n) is 5.77. The molecule has 1 aromatic rings. The number of hydrogen-bond donors (Lipinski definition) is 2. The van der Waals surface area contributed by atoms with Crippen LogP contribution >= 0.6 is 0 Å². The van der Waals surface area contributed by atoms with E-state index in [1.165, 1.54) is 0 Å². The Labute approximate surface area is 126 Å². The Morgan fingerprint density at radius 1 is 1.10 bits per heavy atom. The lowest BCUT2D eigenvalue weighted by molar-refractivity contribution is -0.140. The SMILES string of the molecule is Cc1cc(C)c(C)c(S(=O)(=O)N[C@H](C(=O)O)C(C)C)c1C. The van der Waals surface area contributed by atoms with Crippen LogP contribution in [0.3, 0.4) is 0 Å². The van der Waals surface area contributed by atoms with Crippen LogP contribution in [0.1, 0.15) is 36.1 Å². The molecule has 21 heavy (non-hydrogen) atoms. The summed E-state index contributed by atoms with van der Waals surface area (Å²) in [7, 11) is -3.89. The second kappa shape index (κ2) is 6.15. The van der Waals surface area contributed by atoms with Crippen LogP contribution in [0.15, 0.2) is 11.0 Å². The van der Waals surface area contributed by atoms with Gasteiger partial charge >= 0.3 is 5.97 Å². The number of hydrogen-bond acceptors (Lipinski definition) is 3. The maximum atomic E-state index is 12.6. The van der Waals surface area contributed by atoms with Crippen molar-refractivity contribution in [2.45, 2.75) is 52.5 Å². The van der Waals surface area contributed by atoms with Gasteiger partial charge in [-0.15, -0.1) is 0 Å². The molecule has 0 spiro atoms. The van der Waals surface area contributed by atoms with Gasteiger partial charge in [-0.25, -0.2) is 8.42 Å². The van der Waals surface area contributed by atoms with Gasteiger partial charge in [0.05, 0.1) is 4.90 Å². The molecule has 6 heteroatoms. The van der Waals surface area contributed by atoms with Gasteiger partial charge < -0.3 is 5.11 Å². The van der Waals surface area contributed by atoms with E-state index in [4.69, 9.17) is 0 Å². The average molecular weight is 313 g/mol. The molecule has 0 saturated heterocycles. The van der Waals surface area contributed by atoms with Crippen LogP contribution in [-0.2, 0) is 14.8 Å². The van der Waals surface area contributed by atoms with Gasteiger partial charge in [0.25, 0.3) is 0 Å². The summed E-state index contributed by atoms with van der Waals surface area (Å²) in [4.78, 5) is 11.4. The smallest absolute Gasteiger partial charge is 0.322 e. The van der Waals surface area contributed by atoms with Crippen molar-refractivity contribution in [2.75, 3.05) is 0 Å². The zero-order chi connectivity index (χ0) is 16.5. The van der Waals surface area contributed by atoms with Crippen molar-refractivity contribution in [2.24, 2.45) is 5.92 Å². The Morgan fingerprint density at radius 2 is 1.52 bits per heavy atom. The van der Waals surface area contributed by atoms with Gasteiger partial charge in [-0.1, -0.05) is 19.9 Å². The van der Waals surface area contributed by atoms with E-state index < -0.39 is 22.0 Å². The van der Waals surface area contributed by atoms with Gasteiger partial charge in [-0.05, 0) is 55.9 Å². The molecule has 5 nitrogen and oxygen atoms in total. The third-order valence-electron chi connectivity index (χ3n) is 3.78. The Balaban J connectivity index is 3.42. The highest BCUT2D eigenvalue weighted by Gasteiger charge is 2.30. The Hall–Kier alpha value is -1.40. The molecule has 0 bridgehead atoms. The highest BCUT2D eigenvalue weighted by atomic mass is 32.2. The topological polar surface area (TPSA) is 83.5 Å². The lowest BCUT2D eigenvalue weighted by atomic mass is 10.0. The van der Waals surface area contributed by atoms with Crippen molar-refractivity contribution in [3.05, 3.63) is 28.3 Å². The van der Waals surface area contributed by atoms with Gasteiger partial charge in [0, 0.05) is 0 Å². The minimum absolute atomic E-state index is 0.187. The third kappa shape index (κ3) is 3.63. The summed E-state index contributed by atoms with van der Waals surface area (Å²) < 4.78 is 27.6. The van der Waals surface area contributed by atoms with Crippen LogP contribution < -0.4 is 4.72 Å². The summed E-state index contributed by atoms with van der Waals surface area (Å²) in [5, 5.41) is 9.17. The molecule has 0 aliphatic heterocycles. The number of benzene rings is 1. The van der Waals surface area contributed by atoms with Gasteiger partial charge in [0.15, 0.2) is 0 Å². The summed E-state index contributed by atoms with van der Waals surface area (Å²) in [6, 6.07) is 0.787. The van der Waals surface area contributed by atoms with E-state index in [0.717, 1.165) is 11.1 Å². The quantitative estimate of drug-likeness (QED) is 0.873. The number of carboxylic acid groups (broad SMARTS) is 1. The third-order valence-corrected chi connectivity index (χ3v) is 5.49. The van der Waals surface area contributed by atoms with Gasteiger partial charge in [0.1, 0.15) is 6.04 Å². The maximum absolute atomic E-state index is 12.6. The summed E-state index contributed by atoms with van der Waals surface area (Å²) in [5.41, 5.74) is 3.04. The molecule has 0 unspecified atom stereocenters. The number of aryl methyl sites for hydroxylation is 2. The molecule has 0 radical (unpaired) electrons. The van der Waals surface area contributed by atoms with Crippen molar-refractivity contribution in [3.8, 4) is 0 Å². The zero-order valence-electron chi connectivity index (χ0n) is 13.3. The highest BCUT2D eigenvalue weighted by Crippen LogP contribution is 2.26. The molecular formula is C15H23NO4S. The van der Waals surface area contributed by atoms with Crippen molar-refractivity contribution in [1.82, 2.24) is 4.72 Å². The summed E-state index contributed by atoms with van der Waals surface area (Å²) in [6.07, 6.45) is 0. The van der Waals surface area contributed by atoms with E-state index in [2.05, 4.69) is 4.72 Å². The molecule has 1 atom stereocenters. The number of carbonyl (C=O) groups is 1. The molecule has 0 amide bonds. The molecule has 2 N–H and O–H groups in total. The monoisotopic (exact) mass is 313 g/mol. The highest BCUT2D eigenvalue weighted by molar-refractivity contribution is 7.89. The van der Waals surface area contributed by atoms with Crippen molar-refractivity contribution >= 4 is 16.0 Å². The number of aliphatic carboxylic acids is 1. The summed E-state index contributed by atoms with van der Waals surface area (Å²) >= 11 is 0. The van der Waals surface area contributed by atoms with Gasteiger partial charge in [-0.2, -0.15) is 4.72 Å². The van der Waals surface area contributed by atoms with Gasteiger partial charge in [-0.3, -0.25) is 4.79 Å². The normalized spacial score (nSPS) is 13.5. The molecule has 0 heterocycles. The first kappa shape index (κ1) is 17.7. The summed E-state index contributed by atoms with van der Waals surface area (Å²) in [5.74, 6) is -1.52. The maximum Gasteiger partial charge on any atom is 0.322 e. The predicted molar refractivity (Wildman–Crippen MR) is 82.0 cm³/mol. The molecule has 0 aliphatic carbocycles. The minimum atomic E-state index is -3.89. The molecule has 0 aromatic heterocycles. The van der Waals surface area contributed by atoms with E-state index in [-0.39, 0.29) is 10.8 Å². The minimum Gasteiger partial charge on any atom is -0.480 e. The number of rotatable bonds is 5. The number of sulfonamides is 1. The first-order valence-corrected chi connectivity index (χ1v) is 8.30. The summed E-state index contributed by atoms with van der Waals surface area (Å²) in [6.45, 7) is 10.5. The van der Waals surface area contributed by atoms with Crippen molar-refractivity contribution in [3.63, 3.8) is 0 Å². The molecular weight excluding hydrogens is 290 g/mol. The van der Waals surface area contributed by atoms with Crippen LogP contribution in [0.25, 0.3) is 0 Å².